The molecule has 156 valence electrons. The number of benzene rings is 2. The molecular weight excluding hydrogens is 376 g/mol. The number of nitrogens with zero attached hydrogens (tertiary/aromatic N) is 2. The Morgan fingerprint density at radius 2 is 1.77 bits per heavy atom. The largest absolute Gasteiger partial charge is 0.496 e. The molecule has 3 fully saturated rings. The lowest BCUT2D eigenvalue weighted by Crippen LogP contribution is -2.51. The number of hydrogen-bond acceptors (Lipinski definition) is 4. The highest BCUT2D eigenvalue weighted by molar-refractivity contribution is 6.04. The first kappa shape index (κ1) is 19.2. The summed E-state index contributed by atoms with van der Waals surface area (Å²) in [6.45, 7) is 1.73. The van der Waals surface area contributed by atoms with Crippen LogP contribution in [0.4, 0.5) is 5.69 Å². The van der Waals surface area contributed by atoms with E-state index < -0.39 is 0 Å². The second kappa shape index (κ2) is 7.47. The Morgan fingerprint density at radius 3 is 2.57 bits per heavy atom. The molecular formula is C25H28N2O3. The van der Waals surface area contributed by atoms with E-state index in [1.807, 2.05) is 47.4 Å². The summed E-state index contributed by atoms with van der Waals surface area (Å²) in [5, 5.41) is 0. The summed E-state index contributed by atoms with van der Waals surface area (Å²) < 4.78 is 11.0. The Kier molecular flexibility index (Phi) is 4.78. The van der Waals surface area contributed by atoms with Gasteiger partial charge in [0.2, 0.25) is 5.91 Å². The van der Waals surface area contributed by atoms with Crippen LogP contribution in [0.25, 0.3) is 6.08 Å². The normalized spacial score (nSPS) is 28.2. The first-order chi connectivity index (χ1) is 14.7. The van der Waals surface area contributed by atoms with Crippen LogP contribution in [0, 0.1) is 5.92 Å². The third kappa shape index (κ3) is 2.76. The van der Waals surface area contributed by atoms with Crippen LogP contribution in [0.3, 0.4) is 0 Å². The second-order valence-electron chi connectivity index (χ2n) is 8.41. The molecule has 5 heteroatoms. The maximum Gasteiger partial charge on any atom is 0.248 e. The number of ether oxygens (including phenoxy) is 2. The molecule has 0 saturated carbocycles. The zero-order valence-electron chi connectivity index (χ0n) is 17.6. The van der Waals surface area contributed by atoms with Crippen molar-refractivity contribution >= 4 is 17.7 Å². The monoisotopic (exact) mass is 404 g/mol. The van der Waals surface area contributed by atoms with Gasteiger partial charge < -0.3 is 14.4 Å². The van der Waals surface area contributed by atoms with Crippen molar-refractivity contribution in [3.05, 3.63) is 60.2 Å². The van der Waals surface area contributed by atoms with Gasteiger partial charge in [-0.2, -0.15) is 0 Å². The first-order valence-corrected chi connectivity index (χ1v) is 10.7. The molecule has 5 nitrogen and oxygen atoms in total. The molecule has 30 heavy (non-hydrogen) atoms. The van der Waals surface area contributed by atoms with Crippen molar-refractivity contribution in [2.75, 3.05) is 32.2 Å². The highest BCUT2D eigenvalue weighted by Gasteiger charge is 2.64. The van der Waals surface area contributed by atoms with Crippen LogP contribution in [0.5, 0.6) is 11.5 Å². The number of carbonyl (C=O) groups is 1. The molecule has 0 aromatic heterocycles. The van der Waals surface area contributed by atoms with Gasteiger partial charge in [0.25, 0.3) is 0 Å². The summed E-state index contributed by atoms with van der Waals surface area (Å²) in [6, 6.07) is 16.2. The maximum absolute atomic E-state index is 13.8. The van der Waals surface area contributed by atoms with Crippen molar-refractivity contribution in [3.8, 4) is 11.5 Å². The minimum absolute atomic E-state index is 0.239. The van der Waals surface area contributed by atoms with Gasteiger partial charge in [0.05, 0.1) is 19.9 Å². The fourth-order valence-corrected chi connectivity index (χ4v) is 5.80. The average Bonchev–Trinajstić information content (AvgIpc) is 3.42. The Hall–Kier alpha value is -2.79. The quantitative estimate of drug-likeness (QED) is 0.756. The predicted molar refractivity (Wildman–Crippen MR) is 118 cm³/mol. The van der Waals surface area contributed by atoms with E-state index >= 15 is 0 Å². The average molecular weight is 405 g/mol. The molecule has 3 atom stereocenters. The van der Waals surface area contributed by atoms with Crippen LogP contribution in [-0.2, 0) is 4.79 Å². The molecule has 5 rings (SSSR count). The summed E-state index contributed by atoms with van der Waals surface area (Å²) in [4.78, 5) is 18.2. The van der Waals surface area contributed by atoms with Crippen LogP contribution in [-0.4, -0.2) is 49.7 Å². The number of rotatable bonds is 5. The van der Waals surface area contributed by atoms with E-state index in [-0.39, 0.29) is 17.5 Å². The van der Waals surface area contributed by atoms with Crippen molar-refractivity contribution in [2.24, 2.45) is 5.92 Å². The zero-order chi connectivity index (χ0) is 20.7. The number of methoxy groups -OCH3 is 2. The van der Waals surface area contributed by atoms with Gasteiger partial charge in [-0.25, -0.2) is 0 Å². The molecule has 0 radical (unpaired) electrons. The molecule has 3 aliphatic rings. The van der Waals surface area contributed by atoms with E-state index in [0.717, 1.165) is 55.1 Å². The Morgan fingerprint density at radius 1 is 1.03 bits per heavy atom. The number of anilines is 1. The van der Waals surface area contributed by atoms with Crippen LogP contribution in [0.1, 0.15) is 24.8 Å². The van der Waals surface area contributed by atoms with E-state index in [1.165, 1.54) is 0 Å². The van der Waals surface area contributed by atoms with E-state index in [0.29, 0.717) is 5.92 Å². The van der Waals surface area contributed by atoms with E-state index in [9.17, 15) is 4.79 Å². The van der Waals surface area contributed by atoms with E-state index in [2.05, 4.69) is 23.1 Å². The number of para-hydroxylation sites is 3. The second-order valence-corrected chi connectivity index (χ2v) is 8.41. The Balaban J connectivity index is 1.43. The topological polar surface area (TPSA) is 42.0 Å². The van der Waals surface area contributed by atoms with Crippen LogP contribution >= 0.6 is 0 Å². The van der Waals surface area contributed by atoms with Gasteiger partial charge in [-0.1, -0.05) is 42.5 Å². The highest BCUT2D eigenvalue weighted by atomic mass is 16.5. The number of amides is 1. The van der Waals surface area contributed by atoms with Crippen LogP contribution < -0.4 is 14.4 Å². The molecule has 0 aliphatic carbocycles. The summed E-state index contributed by atoms with van der Waals surface area (Å²) in [6.07, 6.45) is 7.44. The standard InChI is InChI=1S/C25H28N2O3/c1-29-22-10-5-3-8-18(22)12-13-20-16-19-17-26(21-9-4-6-11-23(21)30-2)24(28)25(19)14-7-15-27(20)25/h3-6,8-13,19-20H,7,14-17H2,1-2H3/t19-,20+,25-/m0/s1. The van der Waals surface area contributed by atoms with Crippen molar-refractivity contribution in [3.63, 3.8) is 0 Å². The molecule has 3 heterocycles. The van der Waals surface area contributed by atoms with Crippen molar-refractivity contribution < 1.29 is 14.3 Å². The molecule has 0 bridgehead atoms. The first-order valence-electron chi connectivity index (χ1n) is 10.7. The molecule has 1 amide bonds. The zero-order valence-corrected chi connectivity index (χ0v) is 17.6. The minimum atomic E-state index is -0.364. The molecule has 2 aromatic carbocycles. The van der Waals surface area contributed by atoms with E-state index in [1.54, 1.807) is 14.2 Å². The van der Waals surface area contributed by atoms with E-state index in [4.69, 9.17) is 9.47 Å². The SMILES string of the molecule is COc1ccccc1C=C[C@@H]1C[C@H]2CN(c3ccccc3OC)C(=O)[C@]23CCCN13. The van der Waals surface area contributed by atoms with Gasteiger partial charge in [-0.05, 0) is 44.0 Å². The third-order valence-electron chi connectivity index (χ3n) is 7.10. The predicted octanol–water partition coefficient (Wildman–Crippen LogP) is 3.99. The molecule has 0 N–H and O–H groups in total. The molecule has 1 spiro atoms. The van der Waals surface area contributed by atoms with Gasteiger partial charge >= 0.3 is 0 Å². The Bertz CT molecular complexity index is 988. The van der Waals surface area contributed by atoms with Gasteiger partial charge in [-0.15, -0.1) is 0 Å². The Labute approximate surface area is 177 Å². The lowest BCUT2D eigenvalue weighted by atomic mass is 9.85. The molecule has 3 saturated heterocycles. The number of carbonyl (C=O) groups excluding carboxylic acids is 1. The smallest absolute Gasteiger partial charge is 0.248 e. The lowest BCUT2D eigenvalue weighted by Gasteiger charge is -2.32. The number of hydrogen-bond donors (Lipinski definition) is 0. The molecule has 3 aliphatic heterocycles. The molecule has 2 aromatic rings. The summed E-state index contributed by atoms with van der Waals surface area (Å²) in [5.41, 5.74) is 1.60. The minimum Gasteiger partial charge on any atom is -0.496 e. The van der Waals surface area contributed by atoms with Gasteiger partial charge in [0.1, 0.15) is 17.0 Å². The van der Waals surface area contributed by atoms with Crippen molar-refractivity contribution in [1.82, 2.24) is 4.90 Å². The van der Waals surface area contributed by atoms with Gasteiger partial charge in [0.15, 0.2) is 0 Å². The third-order valence-corrected chi connectivity index (χ3v) is 7.10. The lowest BCUT2D eigenvalue weighted by molar-refractivity contribution is -0.126. The van der Waals surface area contributed by atoms with Gasteiger partial charge in [0, 0.05) is 24.1 Å². The highest BCUT2D eigenvalue weighted by Crippen LogP contribution is 2.53. The van der Waals surface area contributed by atoms with Crippen LogP contribution in [0.2, 0.25) is 0 Å². The summed E-state index contributed by atoms with van der Waals surface area (Å²) in [7, 11) is 3.37. The van der Waals surface area contributed by atoms with Crippen LogP contribution in [0.15, 0.2) is 54.6 Å². The van der Waals surface area contributed by atoms with Crippen molar-refractivity contribution in [1.29, 1.82) is 0 Å². The molecule has 0 unspecified atom stereocenters. The summed E-state index contributed by atoms with van der Waals surface area (Å²) in [5.74, 6) is 2.22. The summed E-state index contributed by atoms with van der Waals surface area (Å²) >= 11 is 0. The van der Waals surface area contributed by atoms with Crippen molar-refractivity contribution in [2.45, 2.75) is 30.8 Å². The fourth-order valence-electron chi connectivity index (χ4n) is 5.80. The fraction of sp³-hybridized carbons (Fsp3) is 0.400. The van der Waals surface area contributed by atoms with Gasteiger partial charge in [-0.3, -0.25) is 9.69 Å². The maximum atomic E-state index is 13.8.